The van der Waals surface area contributed by atoms with Gasteiger partial charge in [-0.2, -0.15) is 0 Å². The smallest absolute Gasteiger partial charge is 0.197 e. The average molecular weight is 274 g/mol. The van der Waals surface area contributed by atoms with E-state index >= 15 is 0 Å². The number of aromatic nitrogens is 2. The molecule has 1 N–H and O–H groups in total. The molecule has 0 bridgehead atoms. The normalized spacial score (nSPS) is 11.4. The van der Waals surface area contributed by atoms with E-state index in [1.807, 2.05) is 12.1 Å². The first-order valence-electron chi connectivity index (χ1n) is 6.16. The molecule has 100 valence electrons. The lowest BCUT2D eigenvalue weighted by atomic mass is 9.85. The number of nitrogens with one attached hydrogen (secondary N) is 1. The lowest BCUT2D eigenvalue weighted by Crippen LogP contribution is -2.11. The van der Waals surface area contributed by atoms with Gasteiger partial charge in [0, 0.05) is 11.8 Å². The predicted molar refractivity (Wildman–Crippen MR) is 80.1 cm³/mol. The van der Waals surface area contributed by atoms with E-state index in [1.165, 1.54) is 5.56 Å². The Morgan fingerprint density at radius 3 is 2.53 bits per heavy atom. The summed E-state index contributed by atoms with van der Waals surface area (Å²) in [6.07, 6.45) is 1.71. The zero-order valence-electron chi connectivity index (χ0n) is 11.7. The maximum absolute atomic E-state index is 5.43. The maximum atomic E-state index is 5.43. The summed E-state index contributed by atoms with van der Waals surface area (Å²) in [5.41, 5.74) is 3.26. The van der Waals surface area contributed by atoms with Gasteiger partial charge < -0.3 is 9.72 Å². The number of ether oxygens (including phenoxy) is 1. The number of hydrogen-bond acceptors (Lipinski definition) is 3. The van der Waals surface area contributed by atoms with Crippen LogP contribution in [0.4, 0.5) is 0 Å². The fourth-order valence-electron chi connectivity index (χ4n) is 1.91. The molecule has 0 fully saturated rings. The number of hydrogen-bond donors (Lipinski definition) is 1. The van der Waals surface area contributed by atoms with Gasteiger partial charge in [-0.05, 0) is 41.4 Å². The zero-order chi connectivity index (χ0) is 14.0. The highest BCUT2D eigenvalue weighted by Gasteiger charge is 2.16. The highest BCUT2D eigenvalue weighted by atomic mass is 32.1. The van der Waals surface area contributed by atoms with E-state index in [0.29, 0.717) is 4.77 Å². The highest BCUT2D eigenvalue weighted by molar-refractivity contribution is 7.71. The van der Waals surface area contributed by atoms with Gasteiger partial charge in [-0.15, -0.1) is 0 Å². The molecule has 4 heteroatoms. The van der Waals surface area contributed by atoms with E-state index in [0.717, 1.165) is 17.0 Å². The minimum Gasteiger partial charge on any atom is -0.496 e. The lowest BCUT2D eigenvalue weighted by Gasteiger charge is -2.21. The summed E-state index contributed by atoms with van der Waals surface area (Å²) in [7, 11) is 1.67. The summed E-state index contributed by atoms with van der Waals surface area (Å²) in [4.78, 5) is 7.11. The molecule has 1 heterocycles. The average Bonchev–Trinajstić information content (AvgIpc) is 2.37. The van der Waals surface area contributed by atoms with Crippen molar-refractivity contribution < 1.29 is 4.74 Å². The monoisotopic (exact) mass is 274 g/mol. The van der Waals surface area contributed by atoms with Gasteiger partial charge in [0.15, 0.2) is 4.77 Å². The van der Waals surface area contributed by atoms with Gasteiger partial charge in [0.25, 0.3) is 0 Å². The largest absolute Gasteiger partial charge is 0.496 e. The predicted octanol–water partition coefficient (Wildman–Crippen LogP) is 4.11. The van der Waals surface area contributed by atoms with Crippen LogP contribution in [0.2, 0.25) is 0 Å². The first-order chi connectivity index (χ1) is 8.91. The molecular formula is C15H18N2OS. The van der Waals surface area contributed by atoms with Gasteiger partial charge in [0.1, 0.15) is 5.75 Å². The number of H-pyrrole nitrogens is 1. The Hall–Kier alpha value is -1.68. The molecule has 1 aromatic carbocycles. The zero-order valence-corrected chi connectivity index (χ0v) is 12.5. The third kappa shape index (κ3) is 3.01. The quantitative estimate of drug-likeness (QED) is 0.837. The van der Waals surface area contributed by atoms with Gasteiger partial charge in [-0.25, -0.2) is 4.98 Å². The van der Waals surface area contributed by atoms with Crippen molar-refractivity contribution in [3.8, 4) is 17.0 Å². The van der Waals surface area contributed by atoms with Gasteiger partial charge in [0.2, 0.25) is 0 Å². The van der Waals surface area contributed by atoms with Crippen LogP contribution in [-0.4, -0.2) is 17.1 Å². The SMILES string of the molecule is COc1ccc(C(C)(C)C)cc1-c1ccnc(=S)[nH]1. The third-order valence-electron chi connectivity index (χ3n) is 3.03. The van der Waals surface area contributed by atoms with Crippen molar-refractivity contribution in [2.75, 3.05) is 7.11 Å². The molecule has 3 nitrogen and oxygen atoms in total. The fourth-order valence-corrected chi connectivity index (χ4v) is 2.08. The molecule has 0 saturated heterocycles. The summed E-state index contributed by atoms with van der Waals surface area (Å²) in [5.74, 6) is 0.824. The number of nitrogens with zero attached hydrogens (tertiary/aromatic N) is 1. The van der Waals surface area contributed by atoms with E-state index in [9.17, 15) is 0 Å². The van der Waals surface area contributed by atoms with Crippen LogP contribution in [0.15, 0.2) is 30.5 Å². The van der Waals surface area contributed by atoms with Gasteiger partial charge >= 0.3 is 0 Å². The van der Waals surface area contributed by atoms with Crippen molar-refractivity contribution in [1.82, 2.24) is 9.97 Å². The molecule has 0 atom stereocenters. The van der Waals surface area contributed by atoms with Crippen LogP contribution >= 0.6 is 12.2 Å². The van der Waals surface area contributed by atoms with Crippen LogP contribution in [0, 0.1) is 4.77 Å². The highest BCUT2D eigenvalue weighted by Crippen LogP contribution is 2.33. The molecule has 0 radical (unpaired) electrons. The number of aromatic amines is 1. The molecule has 0 aliphatic carbocycles. The van der Waals surface area contributed by atoms with Crippen LogP contribution in [-0.2, 0) is 5.41 Å². The molecule has 0 aliphatic heterocycles. The Labute approximate surface area is 118 Å². The maximum Gasteiger partial charge on any atom is 0.197 e. The Balaban J connectivity index is 2.63. The van der Waals surface area contributed by atoms with Gasteiger partial charge in [-0.3, -0.25) is 0 Å². The van der Waals surface area contributed by atoms with E-state index in [2.05, 4.69) is 42.9 Å². The molecule has 0 amide bonds. The fraction of sp³-hybridized carbons (Fsp3) is 0.333. The van der Waals surface area contributed by atoms with Crippen molar-refractivity contribution in [2.24, 2.45) is 0 Å². The second-order valence-electron chi connectivity index (χ2n) is 5.45. The van der Waals surface area contributed by atoms with Crippen LogP contribution in [0.1, 0.15) is 26.3 Å². The third-order valence-corrected chi connectivity index (χ3v) is 3.24. The summed E-state index contributed by atoms with van der Waals surface area (Å²) in [6.45, 7) is 6.56. The van der Waals surface area contributed by atoms with E-state index in [-0.39, 0.29) is 5.41 Å². The van der Waals surface area contributed by atoms with Crippen molar-refractivity contribution >= 4 is 12.2 Å². The first-order valence-corrected chi connectivity index (χ1v) is 6.57. The van der Waals surface area contributed by atoms with Crippen molar-refractivity contribution in [3.05, 3.63) is 40.8 Å². The Morgan fingerprint density at radius 2 is 1.95 bits per heavy atom. The Bertz CT molecular complexity index is 641. The Morgan fingerprint density at radius 1 is 1.21 bits per heavy atom. The van der Waals surface area contributed by atoms with Crippen molar-refractivity contribution in [3.63, 3.8) is 0 Å². The number of rotatable bonds is 2. The van der Waals surface area contributed by atoms with E-state index in [4.69, 9.17) is 17.0 Å². The second-order valence-corrected chi connectivity index (χ2v) is 5.84. The van der Waals surface area contributed by atoms with E-state index < -0.39 is 0 Å². The van der Waals surface area contributed by atoms with Gasteiger partial charge in [-0.1, -0.05) is 26.8 Å². The minimum absolute atomic E-state index is 0.0881. The minimum atomic E-state index is 0.0881. The molecule has 0 unspecified atom stereocenters. The second kappa shape index (κ2) is 5.13. The molecule has 19 heavy (non-hydrogen) atoms. The molecule has 2 aromatic rings. The summed E-state index contributed by atoms with van der Waals surface area (Å²) < 4.78 is 5.91. The van der Waals surface area contributed by atoms with Crippen LogP contribution in [0.3, 0.4) is 0 Å². The van der Waals surface area contributed by atoms with Crippen LogP contribution in [0.5, 0.6) is 5.75 Å². The van der Waals surface area contributed by atoms with Crippen LogP contribution in [0.25, 0.3) is 11.3 Å². The number of benzene rings is 1. The summed E-state index contributed by atoms with van der Waals surface area (Å²) in [5, 5.41) is 0. The number of methoxy groups -OCH3 is 1. The standard InChI is InChI=1S/C15H18N2OS/c1-15(2,3)10-5-6-13(18-4)11(9-10)12-7-8-16-14(19)17-12/h5-9H,1-4H3,(H,16,17,19). The van der Waals surface area contributed by atoms with Crippen molar-refractivity contribution in [2.45, 2.75) is 26.2 Å². The molecule has 0 spiro atoms. The molecule has 2 rings (SSSR count). The molecule has 0 saturated carbocycles. The van der Waals surface area contributed by atoms with Crippen LogP contribution < -0.4 is 4.74 Å². The summed E-state index contributed by atoms with van der Waals surface area (Å²) in [6, 6.07) is 8.13. The van der Waals surface area contributed by atoms with E-state index in [1.54, 1.807) is 13.3 Å². The molecule has 0 aliphatic rings. The topological polar surface area (TPSA) is 37.9 Å². The first kappa shape index (κ1) is 13.7. The molecular weight excluding hydrogens is 256 g/mol. The molecule has 1 aromatic heterocycles. The van der Waals surface area contributed by atoms with Gasteiger partial charge in [0.05, 0.1) is 12.8 Å². The summed E-state index contributed by atoms with van der Waals surface area (Å²) >= 11 is 5.08. The Kier molecular flexibility index (Phi) is 3.71. The van der Waals surface area contributed by atoms with Crippen molar-refractivity contribution in [1.29, 1.82) is 0 Å². The lowest BCUT2D eigenvalue weighted by molar-refractivity contribution is 0.415.